The van der Waals surface area contributed by atoms with E-state index in [0.29, 0.717) is 30.3 Å². The summed E-state index contributed by atoms with van der Waals surface area (Å²) in [5.41, 5.74) is 2.32. The summed E-state index contributed by atoms with van der Waals surface area (Å²) in [5, 5.41) is 6.92. The van der Waals surface area contributed by atoms with E-state index in [0.717, 1.165) is 60.4 Å². The van der Waals surface area contributed by atoms with Crippen molar-refractivity contribution in [3.05, 3.63) is 41.5 Å². The van der Waals surface area contributed by atoms with E-state index < -0.39 is 0 Å². The van der Waals surface area contributed by atoms with Crippen LogP contribution in [0, 0.1) is 5.92 Å². The molecule has 2 aromatic heterocycles. The normalized spacial score (nSPS) is 17.4. The van der Waals surface area contributed by atoms with Gasteiger partial charge in [0.15, 0.2) is 5.82 Å². The fourth-order valence-electron chi connectivity index (χ4n) is 4.14. The van der Waals surface area contributed by atoms with Crippen LogP contribution in [0.2, 0.25) is 0 Å². The van der Waals surface area contributed by atoms with Crippen LogP contribution in [0.5, 0.6) is 0 Å². The maximum Gasteiger partial charge on any atom is 0.225 e. The number of thiophene rings is 1. The first-order valence-corrected chi connectivity index (χ1v) is 11.5. The Hall–Kier alpha value is -2.51. The molecule has 3 aromatic rings. The number of carbonyl (C=O) groups is 1. The number of aromatic nitrogens is 2. The maximum absolute atomic E-state index is 12.4. The minimum Gasteiger partial charge on any atom is -0.377 e. The summed E-state index contributed by atoms with van der Waals surface area (Å²) in [6, 6.07) is 10.7. The van der Waals surface area contributed by atoms with Gasteiger partial charge in [0.1, 0.15) is 17.3 Å². The summed E-state index contributed by atoms with van der Waals surface area (Å²) >= 11 is 1.64. The highest BCUT2D eigenvalue weighted by molar-refractivity contribution is 7.17. The number of methoxy groups -OCH3 is 1. The fraction of sp³-hybridized carbons (Fsp3) is 0.435. The van der Waals surface area contributed by atoms with Crippen LogP contribution in [0.3, 0.4) is 0 Å². The molecule has 1 amide bonds. The van der Waals surface area contributed by atoms with Gasteiger partial charge in [0, 0.05) is 43.1 Å². The number of amides is 1. The maximum atomic E-state index is 12.4. The Bertz CT molecular complexity index is 1040. The number of hydrogen-bond acceptors (Lipinski definition) is 6. The topological polar surface area (TPSA) is 67.3 Å². The number of nitrogens with zero attached hydrogens (tertiary/aromatic N) is 3. The number of ether oxygens (including phenoxy) is 1. The molecule has 0 atom stereocenters. The van der Waals surface area contributed by atoms with Gasteiger partial charge in [0.05, 0.1) is 5.39 Å². The molecule has 1 aromatic carbocycles. The molecule has 0 spiro atoms. The number of fused-ring (bicyclic) bond motifs is 1. The van der Waals surface area contributed by atoms with Gasteiger partial charge in [-0.1, -0.05) is 30.3 Å². The Morgan fingerprint density at radius 1 is 1.17 bits per heavy atom. The molecule has 2 aliphatic rings. The van der Waals surface area contributed by atoms with Gasteiger partial charge < -0.3 is 15.0 Å². The molecule has 1 saturated carbocycles. The molecule has 0 bridgehead atoms. The van der Waals surface area contributed by atoms with Crippen LogP contribution in [-0.4, -0.2) is 47.0 Å². The van der Waals surface area contributed by atoms with E-state index in [-0.39, 0.29) is 0 Å². The quantitative estimate of drug-likeness (QED) is 0.641. The zero-order valence-electron chi connectivity index (χ0n) is 17.1. The molecule has 156 valence electrons. The van der Waals surface area contributed by atoms with Gasteiger partial charge in [0.25, 0.3) is 0 Å². The third-order valence-electron chi connectivity index (χ3n) is 5.91. The highest BCUT2D eigenvalue weighted by Gasteiger charge is 2.35. The van der Waals surface area contributed by atoms with Gasteiger partial charge in [0.2, 0.25) is 5.91 Å². The predicted molar refractivity (Wildman–Crippen MR) is 120 cm³/mol. The lowest BCUT2D eigenvalue weighted by atomic mass is 10.0. The van der Waals surface area contributed by atoms with Gasteiger partial charge in [-0.15, -0.1) is 11.3 Å². The highest BCUT2D eigenvalue weighted by Crippen LogP contribution is 2.38. The molecule has 6 nitrogen and oxygen atoms in total. The third kappa shape index (κ3) is 3.91. The van der Waals surface area contributed by atoms with E-state index in [4.69, 9.17) is 14.7 Å². The van der Waals surface area contributed by atoms with Crippen LogP contribution >= 0.6 is 11.3 Å². The molecule has 7 heteroatoms. The summed E-state index contributed by atoms with van der Waals surface area (Å²) in [4.78, 5) is 24.9. The molecule has 2 fully saturated rings. The van der Waals surface area contributed by atoms with Crippen LogP contribution < -0.4 is 5.32 Å². The van der Waals surface area contributed by atoms with Crippen LogP contribution in [-0.2, 0) is 16.1 Å². The summed E-state index contributed by atoms with van der Waals surface area (Å²) in [7, 11) is 1.66. The number of carbonyl (C=O) groups excluding carboxylic acids is 1. The minimum atomic E-state index is 0.297. The second kappa shape index (κ2) is 8.32. The van der Waals surface area contributed by atoms with Crippen molar-refractivity contribution in [3.63, 3.8) is 0 Å². The van der Waals surface area contributed by atoms with E-state index in [9.17, 15) is 4.79 Å². The van der Waals surface area contributed by atoms with Gasteiger partial charge >= 0.3 is 0 Å². The van der Waals surface area contributed by atoms with Crippen LogP contribution in [0.4, 0.5) is 5.82 Å². The second-order valence-electron chi connectivity index (χ2n) is 8.14. The largest absolute Gasteiger partial charge is 0.377 e. The summed E-state index contributed by atoms with van der Waals surface area (Å²) in [6.07, 6.45) is 4.01. The number of piperidine rings is 1. The predicted octanol–water partition coefficient (Wildman–Crippen LogP) is 4.32. The van der Waals surface area contributed by atoms with Crippen molar-refractivity contribution >= 4 is 33.3 Å². The summed E-state index contributed by atoms with van der Waals surface area (Å²) < 4.78 is 5.29. The van der Waals surface area contributed by atoms with Crippen molar-refractivity contribution in [3.8, 4) is 11.1 Å². The molecular weight excluding hydrogens is 396 g/mol. The molecular formula is C23H26N4O2S. The lowest BCUT2D eigenvalue weighted by Crippen LogP contribution is -2.43. The number of nitrogens with one attached hydrogen (secondary N) is 1. The highest BCUT2D eigenvalue weighted by atomic mass is 32.1. The van der Waals surface area contributed by atoms with E-state index in [1.165, 1.54) is 5.56 Å². The molecule has 0 radical (unpaired) electrons. The van der Waals surface area contributed by atoms with Crippen molar-refractivity contribution in [1.29, 1.82) is 0 Å². The molecule has 1 aliphatic carbocycles. The molecule has 3 heterocycles. The number of benzene rings is 1. The average Bonchev–Trinajstić information content (AvgIpc) is 3.54. The summed E-state index contributed by atoms with van der Waals surface area (Å²) in [6.45, 7) is 2.03. The SMILES string of the molecule is COCc1nc(NC2CCN(C(=O)C3CC3)CC2)c2c(-c3ccccc3)csc2n1. The van der Waals surface area contributed by atoms with Crippen LogP contribution in [0.15, 0.2) is 35.7 Å². The standard InChI is InChI=1S/C23H26N4O2S/c1-29-13-19-25-21(24-17-9-11-27(12-10-17)23(28)16-7-8-16)20-18(14-30-22(20)26-19)15-5-3-2-4-6-15/h2-6,14,16-17H,7-13H2,1H3,(H,24,25,26). The minimum absolute atomic E-state index is 0.297. The molecule has 1 saturated heterocycles. The molecule has 1 N–H and O–H groups in total. The lowest BCUT2D eigenvalue weighted by Gasteiger charge is -2.33. The van der Waals surface area contributed by atoms with Gasteiger partial charge in [-0.2, -0.15) is 0 Å². The second-order valence-corrected chi connectivity index (χ2v) is 8.99. The molecule has 0 unspecified atom stereocenters. The van der Waals surface area contributed by atoms with Crippen LogP contribution in [0.25, 0.3) is 21.3 Å². The number of rotatable bonds is 6. The first kappa shape index (κ1) is 19.5. The van der Waals surface area contributed by atoms with Crippen molar-refractivity contribution in [2.75, 3.05) is 25.5 Å². The van der Waals surface area contributed by atoms with E-state index in [1.807, 2.05) is 11.0 Å². The van der Waals surface area contributed by atoms with Gasteiger partial charge in [-0.05, 0) is 31.2 Å². The van der Waals surface area contributed by atoms with E-state index >= 15 is 0 Å². The fourth-order valence-corrected chi connectivity index (χ4v) is 5.11. The molecule has 1 aliphatic heterocycles. The van der Waals surface area contributed by atoms with Gasteiger partial charge in [-0.25, -0.2) is 9.97 Å². The number of likely N-dealkylation sites (tertiary alicyclic amines) is 1. The Morgan fingerprint density at radius 3 is 2.63 bits per heavy atom. The number of anilines is 1. The Labute approximate surface area is 180 Å². The van der Waals surface area contributed by atoms with E-state index in [2.05, 4.69) is 35.0 Å². The van der Waals surface area contributed by atoms with Gasteiger partial charge in [-0.3, -0.25) is 4.79 Å². The lowest BCUT2D eigenvalue weighted by molar-refractivity contribution is -0.133. The first-order valence-electron chi connectivity index (χ1n) is 10.6. The average molecular weight is 423 g/mol. The zero-order valence-corrected chi connectivity index (χ0v) is 18.0. The van der Waals surface area contributed by atoms with Crippen molar-refractivity contribution < 1.29 is 9.53 Å². The van der Waals surface area contributed by atoms with E-state index in [1.54, 1.807) is 18.4 Å². The smallest absolute Gasteiger partial charge is 0.225 e. The van der Waals surface area contributed by atoms with Crippen molar-refractivity contribution in [1.82, 2.24) is 14.9 Å². The Kier molecular flexibility index (Phi) is 5.39. The third-order valence-corrected chi connectivity index (χ3v) is 6.78. The van der Waals surface area contributed by atoms with Crippen LogP contribution in [0.1, 0.15) is 31.5 Å². The number of hydrogen-bond donors (Lipinski definition) is 1. The van der Waals surface area contributed by atoms with Crippen molar-refractivity contribution in [2.24, 2.45) is 5.92 Å². The zero-order chi connectivity index (χ0) is 20.5. The molecule has 30 heavy (non-hydrogen) atoms. The van der Waals surface area contributed by atoms with Crippen molar-refractivity contribution in [2.45, 2.75) is 38.3 Å². The Balaban J connectivity index is 1.42. The first-order chi connectivity index (χ1) is 14.7. The monoisotopic (exact) mass is 422 g/mol. The summed E-state index contributed by atoms with van der Waals surface area (Å²) in [5.74, 6) is 2.21. The Morgan fingerprint density at radius 2 is 1.93 bits per heavy atom. The molecule has 5 rings (SSSR count).